The van der Waals surface area contributed by atoms with E-state index in [1.165, 1.54) is 6.39 Å². The van der Waals surface area contributed by atoms with Gasteiger partial charge in [0.25, 0.3) is 0 Å². The van der Waals surface area contributed by atoms with Crippen LogP contribution in [0.3, 0.4) is 0 Å². The Morgan fingerprint density at radius 1 is 1.13 bits per heavy atom. The van der Waals surface area contributed by atoms with Crippen molar-refractivity contribution < 1.29 is 9.15 Å². The first kappa shape index (κ1) is 14.8. The topological polar surface area (TPSA) is 47.6 Å². The molecule has 3 aromatic rings. The molecule has 0 N–H and O–H groups in total. The van der Waals surface area contributed by atoms with Crippen LogP contribution in [-0.2, 0) is 0 Å². The van der Waals surface area contributed by atoms with Crippen LogP contribution in [0.5, 0.6) is 5.75 Å². The largest absolute Gasteiger partial charge is 0.496 e. The van der Waals surface area contributed by atoms with Gasteiger partial charge >= 0.3 is 0 Å². The monoisotopic (exact) mass is 304 g/mol. The third-order valence-electron chi connectivity index (χ3n) is 3.28. The van der Waals surface area contributed by atoms with Gasteiger partial charge in [0, 0.05) is 12.3 Å². The number of hydrogen-bond donors (Lipinski definition) is 0. The maximum absolute atomic E-state index is 5.41. The number of oxazole rings is 1. The van der Waals surface area contributed by atoms with Gasteiger partial charge < -0.3 is 9.15 Å². The molecule has 0 radical (unpaired) electrons. The molecule has 0 amide bonds. The molecule has 0 fully saturated rings. The molecule has 0 aliphatic carbocycles. The van der Waals surface area contributed by atoms with Crippen LogP contribution >= 0.6 is 0 Å². The Hall–Kier alpha value is -3.14. The minimum atomic E-state index is 0.668. The van der Waals surface area contributed by atoms with Gasteiger partial charge in [0.1, 0.15) is 5.75 Å². The van der Waals surface area contributed by atoms with Crippen LogP contribution in [0.15, 0.2) is 76.6 Å². The zero-order valence-corrected chi connectivity index (χ0v) is 12.7. The van der Waals surface area contributed by atoms with Gasteiger partial charge in [0.2, 0.25) is 0 Å². The fourth-order valence-corrected chi connectivity index (χ4v) is 2.16. The SMILES string of the molecule is COc1cc(N=CC=Cc2ccccc2)ccc1-c1cnco1. The number of nitrogens with zero attached hydrogens (tertiary/aromatic N) is 2. The first-order valence-corrected chi connectivity index (χ1v) is 7.19. The van der Waals surface area contributed by atoms with Crippen molar-refractivity contribution in [2.45, 2.75) is 0 Å². The van der Waals surface area contributed by atoms with Crippen LogP contribution in [0.4, 0.5) is 5.69 Å². The molecule has 1 aromatic heterocycles. The van der Waals surface area contributed by atoms with Crippen molar-refractivity contribution in [1.82, 2.24) is 4.98 Å². The van der Waals surface area contributed by atoms with Crippen molar-refractivity contribution in [3.63, 3.8) is 0 Å². The van der Waals surface area contributed by atoms with Crippen molar-refractivity contribution in [1.29, 1.82) is 0 Å². The summed E-state index contributed by atoms with van der Waals surface area (Å²) >= 11 is 0. The van der Waals surface area contributed by atoms with E-state index in [0.29, 0.717) is 11.5 Å². The molecule has 2 aromatic carbocycles. The standard InChI is InChI=1S/C19H16N2O2/c1-22-18-12-16(9-10-17(18)19-13-20-14-23-19)21-11-5-8-15-6-3-2-4-7-15/h2-14H,1H3. The molecular weight excluding hydrogens is 288 g/mol. The van der Waals surface area contributed by atoms with E-state index >= 15 is 0 Å². The highest BCUT2D eigenvalue weighted by atomic mass is 16.5. The van der Waals surface area contributed by atoms with Gasteiger partial charge in [-0.3, -0.25) is 4.99 Å². The van der Waals surface area contributed by atoms with E-state index in [1.54, 1.807) is 19.5 Å². The molecule has 0 aliphatic heterocycles. The smallest absolute Gasteiger partial charge is 0.181 e. The molecule has 114 valence electrons. The molecule has 0 saturated carbocycles. The van der Waals surface area contributed by atoms with Crippen LogP contribution in [-0.4, -0.2) is 18.3 Å². The second-order valence-corrected chi connectivity index (χ2v) is 4.80. The fraction of sp³-hybridized carbons (Fsp3) is 0.0526. The number of hydrogen-bond acceptors (Lipinski definition) is 4. The number of benzene rings is 2. The van der Waals surface area contributed by atoms with Gasteiger partial charge in [-0.15, -0.1) is 0 Å². The van der Waals surface area contributed by atoms with E-state index in [1.807, 2.05) is 60.7 Å². The van der Waals surface area contributed by atoms with Crippen molar-refractivity contribution in [3.8, 4) is 17.1 Å². The molecule has 0 saturated heterocycles. The first-order chi connectivity index (χ1) is 11.4. The van der Waals surface area contributed by atoms with Gasteiger partial charge in [0.15, 0.2) is 12.2 Å². The maximum Gasteiger partial charge on any atom is 0.181 e. The first-order valence-electron chi connectivity index (χ1n) is 7.19. The van der Waals surface area contributed by atoms with Crippen LogP contribution in [0.2, 0.25) is 0 Å². The maximum atomic E-state index is 5.41. The minimum absolute atomic E-state index is 0.668. The van der Waals surface area contributed by atoms with Gasteiger partial charge in [-0.25, -0.2) is 4.98 Å². The summed E-state index contributed by atoms with van der Waals surface area (Å²) in [4.78, 5) is 8.34. The van der Waals surface area contributed by atoms with E-state index in [9.17, 15) is 0 Å². The lowest BCUT2D eigenvalue weighted by molar-refractivity contribution is 0.415. The second-order valence-electron chi connectivity index (χ2n) is 4.80. The molecule has 3 rings (SSSR count). The summed E-state index contributed by atoms with van der Waals surface area (Å²) in [6, 6.07) is 15.8. The molecule has 1 heterocycles. The molecule has 4 nitrogen and oxygen atoms in total. The molecule has 0 unspecified atom stereocenters. The Kier molecular flexibility index (Phi) is 4.64. The van der Waals surface area contributed by atoms with Gasteiger partial charge in [-0.1, -0.05) is 36.4 Å². The summed E-state index contributed by atoms with van der Waals surface area (Å²) in [6.45, 7) is 0. The summed E-state index contributed by atoms with van der Waals surface area (Å²) in [5.41, 5.74) is 2.80. The van der Waals surface area contributed by atoms with Crippen molar-refractivity contribution in [2.24, 2.45) is 4.99 Å². The Balaban J connectivity index is 1.76. The summed E-state index contributed by atoms with van der Waals surface area (Å²) in [5.74, 6) is 1.37. The highest BCUT2D eigenvalue weighted by Gasteiger charge is 2.09. The number of rotatable bonds is 5. The quantitative estimate of drug-likeness (QED) is 0.638. The number of allylic oxidation sites excluding steroid dienone is 1. The Labute approximate surface area is 134 Å². The Morgan fingerprint density at radius 2 is 2.00 bits per heavy atom. The van der Waals surface area contributed by atoms with Crippen LogP contribution in [0.25, 0.3) is 17.4 Å². The lowest BCUT2D eigenvalue weighted by Crippen LogP contribution is -1.86. The van der Waals surface area contributed by atoms with Gasteiger partial charge in [-0.05, 0) is 23.8 Å². The average Bonchev–Trinajstić information content (AvgIpc) is 3.14. The number of aromatic nitrogens is 1. The molecule has 4 heteroatoms. The average molecular weight is 304 g/mol. The zero-order valence-electron chi connectivity index (χ0n) is 12.7. The molecule has 0 bridgehead atoms. The number of methoxy groups -OCH3 is 1. The third kappa shape index (κ3) is 3.74. The van der Waals surface area contributed by atoms with E-state index in [-0.39, 0.29) is 0 Å². The van der Waals surface area contributed by atoms with Crippen molar-refractivity contribution >= 4 is 18.0 Å². The highest BCUT2D eigenvalue weighted by Crippen LogP contribution is 2.32. The molecular formula is C19H16N2O2. The summed E-state index contributed by atoms with van der Waals surface area (Å²) in [5, 5.41) is 0. The van der Waals surface area contributed by atoms with Gasteiger partial charge in [-0.2, -0.15) is 0 Å². The summed E-state index contributed by atoms with van der Waals surface area (Å²) in [7, 11) is 1.62. The van der Waals surface area contributed by atoms with Gasteiger partial charge in [0.05, 0.1) is 24.6 Å². The lowest BCUT2D eigenvalue weighted by atomic mass is 10.1. The zero-order chi connectivity index (χ0) is 15.9. The predicted molar refractivity (Wildman–Crippen MR) is 92.1 cm³/mol. The van der Waals surface area contributed by atoms with E-state index in [2.05, 4.69) is 9.98 Å². The lowest BCUT2D eigenvalue weighted by Gasteiger charge is -2.06. The minimum Gasteiger partial charge on any atom is -0.496 e. The van der Waals surface area contributed by atoms with Crippen LogP contribution in [0, 0.1) is 0 Å². The Bertz CT molecular complexity index is 807. The second kappa shape index (κ2) is 7.22. The van der Waals surface area contributed by atoms with Crippen LogP contribution in [0.1, 0.15) is 5.56 Å². The van der Waals surface area contributed by atoms with E-state index in [4.69, 9.17) is 9.15 Å². The predicted octanol–water partition coefficient (Wildman–Crippen LogP) is 4.77. The molecule has 0 aliphatic rings. The number of aliphatic imine (C=N–C) groups is 1. The summed E-state index contributed by atoms with van der Waals surface area (Å²) < 4.78 is 10.7. The molecule has 0 atom stereocenters. The molecule has 23 heavy (non-hydrogen) atoms. The normalized spacial score (nSPS) is 11.3. The highest BCUT2D eigenvalue weighted by molar-refractivity contribution is 5.81. The fourth-order valence-electron chi connectivity index (χ4n) is 2.16. The van der Waals surface area contributed by atoms with Crippen molar-refractivity contribution in [3.05, 3.63) is 72.8 Å². The van der Waals surface area contributed by atoms with Crippen molar-refractivity contribution in [2.75, 3.05) is 7.11 Å². The van der Waals surface area contributed by atoms with Crippen LogP contribution < -0.4 is 4.74 Å². The summed E-state index contributed by atoms with van der Waals surface area (Å²) in [6.07, 6.45) is 8.73. The molecule has 0 spiro atoms. The van der Waals surface area contributed by atoms with E-state index in [0.717, 1.165) is 16.8 Å². The van der Waals surface area contributed by atoms with E-state index < -0.39 is 0 Å². The number of ether oxygens (including phenoxy) is 1. The Morgan fingerprint density at radius 3 is 2.74 bits per heavy atom. The third-order valence-corrected chi connectivity index (χ3v) is 3.28.